The summed E-state index contributed by atoms with van der Waals surface area (Å²) in [5, 5.41) is 10.0. The van der Waals surface area contributed by atoms with Gasteiger partial charge in [-0.05, 0) is 42.0 Å². The standard InChI is InChI=1S/C23H18N6O/c1-29(2)23(30)15-4-6-20(27-12-15)19-10-16(13-28-22(19)25)17-7-8-26-21-9-14(11-24)3-5-18(17)21/h3-10,12-13H,1-2H3,(H2,25,28). The molecule has 0 saturated heterocycles. The van der Waals surface area contributed by atoms with Crippen LogP contribution < -0.4 is 5.73 Å². The molecule has 4 aromatic rings. The lowest BCUT2D eigenvalue weighted by Gasteiger charge is -2.12. The zero-order chi connectivity index (χ0) is 21.3. The zero-order valence-corrected chi connectivity index (χ0v) is 16.5. The fourth-order valence-electron chi connectivity index (χ4n) is 3.24. The van der Waals surface area contributed by atoms with Crippen LogP contribution in [0.3, 0.4) is 0 Å². The molecule has 0 unspecified atom stereocenters. The maximum atomic E-state index is 12.1. The molecule has 0 radical (unpaired) electrons. The molecule has 1 amide bonds. The molecule has 7 nitrogen and oxygen atoms in total. The minimum atomic E-state index is -0.117. The van der Waals surface area contributed by atoms with E-state index in [0.717, 1.165) is 22.0 Å². The van der Waals surface area contributed by atoms with Crippen LogP contribution >= 0.6 is 0 Å². The molecule has 146 valence electrons. The number of benzene rings is 1. The molecule has 2 N–H and O–H groups in total. The fourth-order valence-corrected chi connectivity index (χ4v) is 3.24. The molecule has 4 rings (SSSR count). The smallest absolute Gasteiger partial charge is 0.254 e. The summed E-state index contributed by atoms with van der Waals surface area (Å²) in [4.78, 5) is 26.7. The summed E-state index contributed by atoms with van der Waals surface area (Å²) >= 11 is 0. The lowest BCUT2D eigenvalue weighted by molar-refractivity contribution is 0.0827. The van der Waals surface area contributed by atoms with Gasteiger partial charge in [0.15, 0.2) is 0 Å². The summed E-state index contributed by atoms with van der Waals surface area (Å²) in [6.07, 6.45) is 4.94. The molecule has 0 spiro atoms. The molecular formula is C23H18N6O. The summed E-state index contributed by atoms with van der Waals surface area (Å²) < 4.78 is 0. The normalized spacial score (nSPS) is 10.6. The topological polar surface area (TPSA) is 109 Å². The van der Waals surface area contributed by atoms with E-state index < -0.39 is 0 Å². The number of hydrogen-bond acceptors (Lipinski definition) is 6. The SMILES string of the molecule is CN(C)C(=O)c1ccc(-c2cc(-c3ccnc4cc(C#N)ccc34)cnc2N)nc1. The van der Waals surface area contributed by atoms with Gasteiger partial charge in [0.25, 0.3) is 5.91 Å². The number of fused-ring (bicyclic) bond motifs is 1. The number of nitrogens with zero attached hydrogens (tertiary/aromatic N) is 5. The third-order valence-electron chi connectivity index (χ3n) is 4.79. The minimum absolute atomic E-state index is 0.117. The Morgan fingerprint density at radius 3 is 2.53 bits per heavy atom. The highest BCUT2D eigenvalue weighted by Gasteiger charge is 2.13. The average Bonchev–Trinajstić information content (AvgIpc) is 2.78. The second-order valence-corrected chi connectivity index (χ2v) is 6.99. The molecule has 0 aliphatic carbocycles. The van der Waals surface area contributed by atoms with E-state index in [1.807, 2.05) is 18.2 Å². The minimum Gasteiger partial charge on any atom is -0.383 e. The number of aromatic nitrogens is 3. The Morgan fingerprint density at radius 2 is 1.83 bits per heavy atom. The maximum Gasteiger partial charge on any atom is 0.254 e. The van der Waals surface area contributed by atoms with Gasteiger partial charge in [-0.3, -0.25) is 14.8 Å². The van der Waals surface area contributed by atoms with Crippen LogP contribution in [0.5, 0.6) is 0 Å². The molecular weight excluding hydrogens is 376 g/mol. The monoisotopic (exact) mass is 394 g/mol. The first-order chi connectivity index (χ1) is 14.5. The molecule has 30 heavy (non-hydrogen) atoms. The number of nitrogen functional groups attached to an aromatic ring is 1. The molecule has 1 aromatic carbocycles. The Hall–Kier alpha value is -4.31. The van der Waals surface area contributed by atoms with Gasteiger partial charge in [-0.25, -0.2) is 4.98 Å². The van der Waals surface area contributed by atoms with Crippen molar-refractivity contribution in [3.63, 3.8) is 0 Å². The Morgan fingerprint density at radius 1 is 1.00 bits per heavy atom. The van der Waals surface area contributed by atoms with E-state index in [4.69, 9.17) is 11.0 Å². The lowest BCUT2D eigenvalue weighted by Crippen LogP contribution is -2.21. The number of hydrogen-bond donors (Lipinski definition) is 1. The zero-order valence-electron chi connectivity index (χ0n) is 16.5. The fraction of sp³-hybridized carbons (Fsp3) is 0.0870. The largest absolute Gasteiger partial charge is 0.383 e. The molecule has 0 fully saturated rings. The van der Waals surface area contributed by atoms with Gasteiger partial charge in [0.1, 0.15) is 5.82 Å². The number of carbonyl (C=O) groups excluding carboxylic acids is 1. The Balaban J connectivity index is 1.79. The highest BCUT2D eigenvalue weighted by Crippen LogP contribution is 2.32. The van der Waals surface area contributed by atoms with E-state index in [1.165, 1.54) is 11.1 Å². The van der Waals surface area contributed by atoms with Crippen molar-refractivity contribution in [2.45, 2.75) is 0 Å². The van der Waals surface area contributed by atoms with Gasteiger partial charge in [0.2, 0.25) is 0 Å². The number of rotatable bonds is 3. The van der Waals surface area contributed by atoms with Crippen LogP contribution in [0, 0.1) is 11.3 Å². The van der Waals surface area contributed by atoms with Crippen molar-refractivity contribution >= 4 is 22.6 Å². The molecule has 0 saturated carbocycles. The van der Waals surface area contributed by atoms with Gasteiger partial charge in [-0.1, -0.05) is 6.07 Å². The maximum absolute atomic E-state index is 12.1. The molecule has 0 aliphatic heterocycles. The van der Waals surface area contributed by atoms with Crippen molar-refractivity contribution in [2.75, 3.05) is 19.8 Å². The third kappa shape index (κ3) is 3.42. The van der Waals surface area contributed by atoms with Crippen LogP contribution in [-0.4, -0.2) is 39.9 Å². The number of nitriles is 1. The second kappa shape index (κ2) is 7.60. The van der Waals surface area contributed by atoms with E-state index in [2.05, 4.69) is 21.0 Å². The van der Waals surface area contributed by atoms with Gasteiger partial charge in [0.05, 0.1) is 28.4 Å². The molecule has 0 aliphatic rings. The van der Waals surface area contributed by atoms with Crippen molar-refractivity contribution < 1.29 is 4.79 Å². The first-order valence-electron chi connectivity index (χ1n) is 9.21. The van der Waals surface area contributed by atoms with E-state index in [-0.39, 0.29) is 5.91 Å². The lowest BCUT2D eigenvalue weighted by atomic mass is 9.99. The molecule has 3 aromatic heterocycles. The van der Waals surface area contributed by atoms with E-state index >= 15 is 0 Å². The van der Waals surface area contributed by atoms with Crippen LogP contribution in [0.2, 0.25) is 0 Å². The third-order valence-corrected chi connectivity index (χ3v) is 4.79. The Kier molecular flexibility index (Phi) is 4.82. The van der Waals surface area contributed by atoms with Gasteiger partial charge in [0, 0.05) is 49.2 Å². The summed E-state index contributed by atoms with van der Waals surface area (Å²) in [5.74, 6) is 0.233. The van der Waals surface area contributed by atoms with Crippen molar-refractivity contribution in [2.24, 2.45) is 0 Å². The molecule has 3 heterocycles. The van der Waals surface area contributed by atoms with Crippen LogP contribution in [0.15, 0.2) is 61.1 Å². The number of amides is 1. The summed E-state index contributed by atoms with van der Waals surface area (Å²) in [7, 11) is 3.39. The van der Waals surface area contributed by atoms with Crippen molar-refractivity contribution in [3.8, 4) is 28.5 Å². The summed E-state index contributed by atoms with van der Waals surface area (Å²) in [5.41, 5.74) is 11.0. The van der Waals surface area contributed by atoms with Crippen LogP contribution in [0.25, 0.3) is 33.3 Å². The van der Waals surface area contributed by atoms with Crippen LogP contribution in [-0.2, 0) is 0 Å². The van der Waals surface area contributed by atoms with Gasteiger partial charge in [-0.2, -0.15) is 5.26 Å². The predicted molar refractivity (Wildman–Crippen MR) is 115 cm³/mol. The van der Waals surface area contributed by atoms with Crippen molar-refractivity contribution in [3.05, 3.63) is 72.2 Å². The molecule has 7 heteroatoms. The van der Waals surface area contributed by atoms with Crippen molar-refractivity contribution in [1.29, 1.82) is 5.26 Å². The number of carbonyl (C=O) groups is 1. The Bertz CT molecular complexity index is 1310. The predicted octanol–water partition coefficient (Wildman–Crippen LogP) is 3.51. The van der Waals surface area contributed by atoms with E-state index in [1.54, 1.807) is 50.8 Å². The van der Waals surface area contributed by atoms with E-state index in [0.29, 0.717) is 28.2 Å². The van der Waals surface area contributed by atoms with Gasteiger partial charge < -0.3 is 10.6 Å². The number of anilines is 1. The number of pyridine rings is 3. The average molecular weight is 394 g/mol. The van der Waals surface area contributed by atoms with Crippen molar-refractivity contribution in [1.82, 2.24) is 19.9 Å². The quantitative estimate of drug-likeness (QED) is 0.569. The van der Waals surface area contributed by atoms with Gasteiger partial charge >= 0.3 is 0 Å². The molecule has 0 bridgehead atoms. The van der Waals surface area contributed by atoms with Crippen LogP contribution in [0.1, 0.15) is 15.9 Å². The van der Waals surface area contributed by atoms with Crippen LogP contribution in [0.4, 0.5) is 5.82 Å². The van der Waals surface area contributed by atoms with E-state index in [9.17, 15) is 4.79 Å². The molecule has 0 atom stereocenters. The summed E-state index contributed by atoms with van der Waals surface area (Å²) in [6, 6.07) is 14.8. The highest BCUT2D eigenvalue weighted by atomic mass is 16.2. The highest BCUT2D eigenvalue weighted by molar-refractivity contribution is 5.96. The number of nitrogens with two attached hydrogens (primary N) is 1. The summed E-state index contributed by atoms with van der Waals surface area (Å²) in [6.45, 7) is 0. The Labute approximate surface area is 173 Å². The van der Waals surface area contributed by atoms with Gasteiger partial charge in [-0.15, -0.1) is 0 Å². The first kappa shape index (κ1) is 19.0. The first-order valence-corrected chi connectivity index (χ1v) is 9.21. The second-order valence-electron chi connectivity index (χ2n) is 6.99.